The van der Waals surface area contributed by atoms with Crippen LogP contribution in [0, 0.1) is 0 Å². The van der Waals surface area contributed by atoms with Crippen LogP contribution in [0.1, 0.15) is 19.8 Å². The van der Waals surface area contributed by atoms with Crippen LogP contribution in [0.2, 0.25) is 0 Å². The first kappa shape index (κ1) is 15.3. The zero-order valence-corrected chi connectivity index (χ0v) is 11.6. The summed E-state index contributed by atoms with van der Waals surface area (Å²) in [5.41, 5.74) is -0.905. The van der Waals surface area contributed by atoms with Gasteiger partial charge in [0.25, 0.3) is 0 Å². The Bertz CT molecular complexity index is 422. The van der Waals surface area contributed by atoms with E-state index in [1.54, 1.807) is 27.1 Å². The predicted octanol–water partition coefficient (Wildman–Crippen LogP) is 1.92. The number of likely N-dealkylation sites (N-methyl/N-ethyl adjacent to an activating group) is 1. The standard InChI is InChI=1S/C14H21NO4/c1-14(15-2,13(16)17)8-5-9-19-12-7-4-6-11(10-12)18-3/h4,6-7,10,15H,5,8-9H2,1-3H3,(H,16,17). The molecular formula is C14H21NO4. The quantitative estimate of drug-likeness (QED) is 0.704. The minimum Gasteiger partial charge on any atom is -0.497 e. The summed E-state index contributed by atoms with van der Waals surface area (Å²) in [7, 11) is 3.25. The van der Waals surface area contributed by atoms with Crippen LogP contribution in [0.15, 0.2) is 24.3 Å². The lowest BCUT2D eigenvalue weighted by atomic mass is 9.96. The lowest BCUT2D eigenvalue weighted by Crippen LogP contribution is -2.47. The molecule has 0 radical (unpaired) electrons. The topological polar surface area (TPSA) is 67.8 Å². The Morgan fingerprint density at radius 1 is 1.42 bits per heavy atom. The normalized spacial score (nSPS) is 13.6. The molecule has 5 nitrogen and oxygen atoms in total. The zero-order valence-electron chi connectivity index (χ0n) is 11.6. The fraction of sp³-hybridized carbons (Fsp3) is 0.500. The van der Waals surface area contributed by atoms with Crippen molar-refractivity contribution in [2.75, 3.05) is 20.8 Å². The van der Waals surface area contributed by atoms with Gasteiger partial charge in [0.05, 0.1) is 13.7 Å². The van der Waals surface area contributed by atoms with E-state index in [4.69, 9.17) is 14.6 Å². The highest BCUT2D eigenvalue weighted by Gasteiger charge is 2.30. The van der Waals surface area contributed by atoms with Gasteiger partial charge in [0, 0.05) is 6.07 Å². The molecule has 0 heterocycles. The minimum absolute atomic E-state index is 0.470. The van der Waals surface area contributed by atoms with Gasteiger partial charge in [-0.05, 0) is 38.9 Å². The highest BCUT2D eigenvalue weighted by molar-refractivity contribution is 5.78. The summed E-state index contributed by atoms with van der Waals surface area (Å²) in [5.74, 6) is 0.611. The second kappa shape index (κ2) is 6.99. The first-order chi connectivity index (χ1) is 9.01. The van der Waals surface area contributed by atoms with Crippen LogP contribution in [0.5, 0.6) is 11.5 Å². The van der Waals surface area contributed by atoms with Crippen molar-refractivity contribution in [2.24, 2.45) is 0 Å². The number of methoxy groups -OCH3 is 1. The van der Waals surface area contributed by atoms with Crippen molar-refractivity contribution in [1.29, 1.82) is 0 Å². The summed E-state index contributed by atoms with van der Waals surface area (Å²) in [6.07, 6.45) is 1.16. The summed E-state index contributed by atoms with van der Waals surface area (Å²) in [6, 6.07) is 7.34. The molecule has 0 amide bonds. The number of carboxylic acids is 1. The molecule has 2 N–H and O–H groups in total. The van der Waals surface area contributed by atoms with Crippen molar-refractivity contribution >= 4 is 5.97 Å². The van der Waals surface area contributed by atoms with Crippen LogP contribution in [0.3, 0.4) is 0 Å². The average molecular weight is 267 g/mol. The van der Waals surface area contributed by atoms with Gasteiger partial charge in [-0.25, -0.2) is 0 Å². The van der Waals surface area contributed by atoms with Crippen molar-refractivity contribution in [1.82, 2.24) is 5.32 Å². The molecule has 5 heteroatoms. The molecule has 1 unspecified atom stereocenters. The molecule has 1 rings (SSSR count). The van der Waals surface area contributed by atoms with E-state index in [2.05, 4.69) is 5.32 Å². The molecule has 0 spiro atoms. The van der Waals surface area contributed by atoms with E-state index in [0.717, 1.165) is 11.5 Å². The summed E-state index contributed by atoms with van der Waals surface area (Å²) in [4.78, 5) is 11.1. The molecule has 0 aliphatic carbocycles. The van der Waals surface area contributed by atoms with Crippen molar-refractivity contribution in [3.05, 3.63) is 24.3 Å². The van der Waals surface area contributed by atoms with Gasteiger partial charge in [0.2, 0.25) is 0 Å². The molecule has 0 aliphatic heterocycles. The summed E-state index contributed by atoms with van der Waals surface area (Å²) in [6.45, 7) is 2.14. The van der Waals surface area contributed by atoms with E-state index >= 15 is 0 Å². The number of nitrogens with one attached hydrogen (secondary N) is 1. The molecule has 19 heavy (non-hydrogen) atoms. The number of hydrogen-bond donors (Lipinski definition) is 2. The van der Waals surface area contributed by atoms with Gasteiger partial charge in [0.15, 0.2) is 0 Å². The number of benzene rings is 1. The third kappa shape index (κ3) is 4.44. The fourth-order valence-electron chi connectivity index (χ4n) is 1.65. The Hall–Kier alpha value is -1.75. The third-order valence-corrected chi connectivity index (χ3v) is 3.15. The Kier molecular flexibility index (Phi) is 5.63. The maximum atomic E-state index is 11.1. The SMILES string of the molecule is CNC(C)(CCCOc1cccc(OC)c1)C(=O)O. The van der Waals surface area contributed by atoms with Gasteiger partial charge < -0.3 is 19.9 Å². The van der Waals surface area contributed by atoms with Crippen LogP contribution < -0.4 is 14.8 Å². The van der Waals surface area contributed by atoms with Crippen molar-refractivity contribution in [2.45, 2.75) is 25.3 Å². The smallest absolute Gasteiger partial charge is 0.323 e. The molecule has 106 valence electrons. The highest BCUT2D eigenvalue weighted by atomic mass is 16.5. The van der Waals surface area contributed by atoms with Crippen molar-refractivity contribution in [3.63, 3.8) is 0 Å². The lowest BCUT2D eigenvalue weighted by Gasteiger charge is -2.23. The molecule has 0 saturated carbocycles. The minimum atomic E-state index is -0.905. The second-order valence-corrected chi connectivity index (χ2v) is 4.52. The maximum Gasteiger partial charge on any atom is 0.323 e. The van der Waals surface area contributed by atoms with Gasteiger partial charge in [-0.15, -0.1) is 0 Å². The van der Waals surface area contributed by atoms with E-state index in [-0.39, 0.29) is 0 Å². The van der Waals surface area contributed by atoms with Crippen LogP contribution in [0.25, 0.3) is 0 Å². The highest BCUT2D eigenvalue weighted by Crippen LogP contribution is 2.19. The Labute approximate surface area is 113 Å². The fourth-order valence-corrected chi connectivity index (χ4v) is 1.65. The van der Waals surface area contributed by atoms with Crippen LogP contribution in [0.4, 0.5) is 0 Å². The van der Waals surface area contributed by atoms with E-state index in [1.807, 2.05) is 18.2 Å². The Morgan fingerprint density at radius 2 is 2.11 bits per heavy atom. The first-order valence-corrected chi connectivity index (χ1v) is 6.21. The average Bonchev–Trinajstić information content (AvgIpc) is 2.43. The molecule has 0 bridgehead atoms. The maximum absolute atomic E-state index is 11.1. The monoisotopic (exact) mass is 267 g/mol. The van der Waals surface area contributed by atoms with E-state index < -0.39 is 11.5 Å². The number of rotatable bonds is 8. The molecule has 0 fully saturated rings. The Balaban J connectivity index is 2.40. The molecule has 0 aromatic heterocycles. The largest absolute Gasteiger partial charge is 0.497 e. The van der Waals surface area contributed by atoms with Crippen LogP contribution in [-0.2, 0) is 4.79 Å². The summed E-state index contributed by atoms with van der Waals surface area (Å²) < 4.78 is 10.7. The number of ether oxygens (including phenoxy) is 2. The number of carboxylic acid groups (broad SMARTS) is 1. The van der Waals surface area contributed by atoms with Gasteiger partial charge in [-0.1, -0.05) is 6.07 Å². The Morgan fingerprint density at radius 3 is 2.68 bits per heavy atom. The zero-order chi connectivity index (χ0) is 14.3. The van der Waals surface area contributed by atoms with Crippen LogP contribution >= 0.6 is 0 Å². The summed E-state index contributed by atoms with van der Waals surface area (Å²) in [5, 5.41) is 11.9. The molecule has 1 aromatic rings. The molecule has 0 saturated heterocycles. The summed E-state index contributed by atoms with van der Waals surface area (Å²) >= 11 is 0. The predicted molar refractivity (Wildman–Crippen MR) is 72.8 cm³/mol. The second-order valence-electron chi connectivity index (χ2n) is 4.52. The number of aliphatic carboxylic acids is 1. The number of carbonyl (C=O) groups is 1. The van der Waals surface area contributed by atoms with Crippen molar-refractivity contribution < 1.29 is 19.4 Å². The van der Waals surface area contributed by atoms with Gasteiger partial charge in [0.1, 0.15) is 17.0 Å². The van der Waals surface area contributed by atoms with Gasteiger partial charge in [-0.2, -0.15) is 0 Å². The third-order valence-electron chi connectivity index (χ3n) is 3.15. The van der Waals surface area contributed by atoms with Gasteiger partial charge in [-0.3, -0.25) is 4.79 Å². The lowest BCUT2D eigenvalue weighted by molar-refractivity contribution is -0.144. The van der Waals surface area contributed by atoms with Gasteiger partial charge >= 0.3 is 5.97 Å². The van der Waals surface area contributed by atoms with E-state index in [1.165, 1.54) is 0 Å². The van der Waals surface area contributed by atoms with E-state index in [9.17, 15) is 4.79 Å². The molecular weight excluding hydrogens is 246 g/mol. The molecule has 1 aromatic carbocycles. The first-order valence-electron chi connectivity index (χ1n) is 6.21. The van der Waals surface area contributed by atoms with Crippen molar-refractivity contribution in [3.8, 4) is 11.5 Å². The number of hydrogen-bond acceptors (Lipinski definition) is 4. The molecule has 0 aliphatic rings. The van der Waals surface area contributed by atoms with E-state index in [0.29, 0.717) is 19.4 Å². The molecule has 1 atom stereocenters. The van der Waals surface area contributed by atoms with Crippen LogP contribution in [-0.4, -0.2) is 37.4 Å².